The third-order valence-electron chi connectivity index (χ3n) is 5.74. The molecule has 1 heterocycles. The van der Waals surface area contributed by atoms with Gasteiger partial charge in [-0.15, -0.1) is 0 Å². The highest BCUT2D eigenvalue weighted by Gasteiger charge is 2.43. The van der Waals surface area contributed by atoms with E-state index in [0.717, 1.165) is 16.8 Å². The van der Waals surface area contributed by atoms with E-state index in [1.807, 2.05) is 72.6 Å². The molecule has 1 aliphatic carbocycles. The van der Waals surface area contributed by atoms with Crippen LogP contribution in [0.5, 0.6) is 0 Å². The first-order valence-corrected chi connectivity index (χ1v) is 9.76. The zero-order valence-electron chi connectivity index (χ0n) is 16.7. The SMILES string of the molecule is CN(C)N1C(N)=C(C#N)[C@@H](c2ccccc2)C2=C1C[C@H](c1ccccc1)CC2=O. The van der Waals surface area contributed by atoms with E-state index in [4.69, 9.17) is 5.73 Å². The lowest BCUT2D eigenvalue weighted by Crippen LogP contribution is -2.46. The second kappa shape index (κ2) is 7.57. The molecule has 0 bridgehead atoms. The third kappa shape index (κ3) is 3.22. The molecule has 0 aromatic heterocycles. The molecule has 0 spiro atoms. The molecular formula is C24H24N4O. The Balaban J connectivity index is 1.89. The first-order valence-electron chi connectivity index (χ1n) is 9.76. The van der Waals surface area contributed by atoms with Gasteiger partial charge in [0.25, 0.3) is 0 Å². The molecule has 5 heteroatoms. The lowest BCUT2D eigenvalue weighted by Gasteiger charge is -2.43. The Morgan fingerprint density at radius 2 is 1.59 bits per heavy atom. The number of ketones is 1. The lowest BCUT2D eigenvalue weighted by atomic mass is 9.72. The number of Topliss-reactive ketones (excluding diaryl/α,β-unsaturated/α-hetero) is 1. The van der Waals surface area contributed by atoms with Crippen molar-refractivity contribution < 1.29 is 4.79 Å². The van der Waals surface area contributed by atoms with E-state index in [-0.39, 0.29) is 11.7 Å². The van der Waals surface area contributed by atoms with Crippen LogP contribution in [-0.2, 0) is 4.79 Å². The number of hydrogen-bond donors (Lipinski definition) is 1. The largest absolute Gasteiger partial charge is 0.383 e. The average Bonchev–Trinajstić information content (AvgIpc) is 2.73. The van der Waals surface area contributed by atoms with E-state index in [9.17, 15) is 10.1 Å². The molecule has 146 valence electrons. The molecule has 0 saturated carbocycles. The minimum atomic E-state index is -0.420. The van der Waals surface area contributed by atoms with Crippen molar-refractivity contribution in [3.8, 4) is 6.07 Å². The van der Waals surface area contributed by atoms with Crippen molar-refractivity contribution >= 4 is 5.78 Å². The van der Waals surface area contributed by atoms with Crippen LogP contribution in [0.2, 0.25) is 0 Å². The van der Waals surface area contributed by atoms with Gasteiger partial charge in [0.15, 0.2) is 5.78 Å². The van der Waals surface area contributed by atoms with Crippen LogP contribution in [0, 0.1) is 11.3 Å². The Kier molecular flexibility index (Phi) is 4.96. The zero-order valence-corrected chi connectivity index (χ0v) is 16.7. The third-order valence-corrected chi connectivity index (χ3v) is 5.74. The molecule has 0 saturated heterocycles. The minimum absolute atomic E-state index is 0.0843. The quantitative estimate of drug-likeness (QED) is 0.874. The van der Waals surface area contributed by atoms with Crippen molar-refractivity contribution in [1.29, 1.82) is 5.26 Å². The van der Waals surface area contributed by atoms with Gasteiger partial charge in [-0.1, -0.05) is 60.7 Å². The number of benzene rings is 2. The van der Waals surface area contributed by atoms with E-state index < -0.39 is 5.92 Å². The molecule has 2 aromatic carbocycles. The number of hydrazine groups is 1. The molecule has 2 aromatic rings. The van der Waals surface area contributed by atoms with Gasteiger partial charge in [-0.05, 0) is 23.5 Å². The van der Waals surface area contributed by atoms with Crippen molar-refractivity contribution in [1.82, 2.24) is 10.0 Å². The highest BCUT2D eigenvalue weighted by atomic mass is 16.1. The van der Waals surface area contributed by atoms with Gasteiger partial charge in [-0.25, -0.2) is 5.01 Å². The van der Waals surface area contributed by atoms with E-state index in [1.165, 1.54) is 0 Å². The second-order valence-electron chi connectivity index (χ2n) is 7.71. The summed E-state index contributed by atoms with van der Waals surface area (Å²) in [6.07, 6.45) is 1.14. The van der Waals surface area contributed by atoms with Crippen molar-refractivity contribution in [3.63, 3.8) is 0 Å². The number of carbonyl (C=O) groups excluding carboxylic acids is 1. The Bertz CT molecular complexity index is 1030. The van der Waals surface area contributed by atoms with Crippen LogP contribution >= 0.6 is 0 Å². The van der Waals surface area contributed by atoms with Crippen molar-refractivity contribution in [2.24, 2.45) is 5.73 Å². The average molecular weight is 384 g/mol. The molecule has 0 amide bonds. The summed E-state index contributed by atoms with van der Waals surface area (Å²) in [6, 6.07) is 22.1. The summed E-state index contributed by atoms with van der Waals surface area (Å²) >= 11 is 0. The van der Waals surface area contributed by atoms with Crippen LogP contribution in [0.15, 0.2) is 83.3 Å². The van der Waals surface area contributed by atoms with Crippen LogP contribution in [-0.4, -0.2) is 29.9 Å². The smallest absolute Gasteiger partial charge is 0.162 e. The maximum absolute atomic E-state index is 13.5. The van der Waals surface area contributed by atoms with Crippen LogP contribution in [0.1, 0.15) is 35.8 Å². The standard InChI is InChI=1S/C24H24N4O/c1-27(2)28-20-13-18(16-9-5-3-6-10-16)14-21(29)23(20)22(19(15-25)24(28)26)17-11-7-4-8-12-17/h3-12,18,22H,13-14,26H2,1-2H3/t18-,22+/m0/s1. The summed E-state index contributed by atoms with van der Waals surface area (Å²) in [5.74, 6) is 0.155. The van der Waals surface area contributed by atoms with E-state index >= 15 is 0 Å². The Morgan fingerprint density at radius 3 is 2.14 bits per heavy atom. The van der Waals surface area contributed by atoms with Crippen LogP contribution in [0.3, 0.4) is 0 Å². The lowest BCUT2D eigenvalue weighted by molar-refractivity contribution is -0.117. The zero-order chi connectivity index (χ0) is 20.5. The fraction of sp³-hybridized carbons (Fsp3) is 0.250. The first-order chi connectivity index (χ1) is 14.0. The van der Waals surface area contributed by atoms with Gasteiger partial charge in [-0.3, -0.25) is 9.80 Å². The van der Waals surface area contributed by atoms with E-state index in [1.54, 1.807) is 0 Å². The highest BCUT2D eigenvalue weighted by molar-refractivity contribution is 6.00. The number of rotatable bonds is 3. The Morgan fingerprint density at radius 1 is 1.00 bits per heavy atom. The number of allylic oxidation sites excluding steroid dienone is 3. The van der Waals surface area contributed by atoms with Gasteiger partial charge in [-0.2, -0.15) is 5.26 Å². The predicted molar refractivity (Wildman–Crippen MR) is 112 cm³/mol. The van der Waals surface area contributed by atoms with Gasteiger partial charge < -0.3 is 5.73 Å². The molecule has 2 atom stereocenters. The van der Waals surface area contributed by atoms with Gasteiger partial charge in [0, 0.05) is 31.8 Å². The van der Waals surface area contributed by atoms with Gasteiger partial charge in [0.2, 0.25) is 0 Å². The summed E-state index contributed by atoms with van der Waals surface area (Å²) in [5, 5.41) is 13.6. The number of hydrogen-bond acceptors (Lipinski definition) is 5. The van der Waals surface area contributed by atoms with Crippen molar-refractivity contribution in [2.75, 3.05) is 14.1 Å². The number of nitrogens with zero attached hydrogens (tertiary/aromatic N) is 3. The molecule has 0 unspecified atom stereocenters. The van der Waals surface area contributed by atoms with Crippen LogP contribution < -0.4 is 5.73 Å². The van der Waals surface area contributed by atoms with E-state index in [2.05, 4.69) is 18.2 Å². The summed E-state index contributed by atoms with van der Waals surface area (Å²) in [4.78, 5) is 13.5. The molecule has 5 nitrogen and oxygen atoms in total. The second-order valence-corrected chi connectivity index (χ2v) is 7.71. The predicted octanol–water partition coefficient (Wildman–Crippen LogP) is 3.66. The maximum atomic E-state index is 13.5. The molecule has 0 fully saturated rings. The molecular weight excluding hydrogens is 360 g/mol. The Labute approximate surface area is 171 Å². The molecule has 29 heavy (non-hydrogen) atoms. The summed E-state index contributed by atoms with van der Waals surface area (Å²) in [6.45, 7) is 0. The number of nitrogens with two attached hydrogens (primary N) is 1. The van der Waals surface area contributed by atoms with Crippen molar-refractivity contribution in [3.05, 3.63) is 94.5 Å². The number of nitriles is 1. The number of carbonyl (C=O) groups is 1. The summed E-state index contributed by atoms with van der Waals surface area (Å²) < 4.78 is 0. The van der Waals surface area contributed by atoms with Gasteiger partial charge >= 0.3 is 0 Å². The Hall–Kier alpha value is -3.36. The van der Waals surface area contributed by atoms with E-state index in [0.29, 0.717) is 29.8 Å². The molecule has 2 N–H and O–H groups in total. The topological polar surface area (TPSA) is 73.4 Å². The molecule has 0 radical (unpaired) electrons. The fourth-order valence-electron chi connectivity index (χ4n) is 4.51. The summed E-state index contributed by atoms with van der Waals surface area (Å²) in [5.41, 5.74) is 10.6. The maximum Gasteiger partial charge on any atom is 0.162 e. The van der Waals surface area contributed by atoms with Crippen LogP contribution in [0.4, 0.5) is 0 Å². The fourth-order valence-corrected chi connectivity index (χ4v) is 4.51. The highest BCUT2D eigenvalue weighted by Crippen LogP contribution is 2.47. The monoisotopic (exact) mass is 384 g/mol. The van der Waals surface area contributed by atoms with Gasteiger partial charge in [0.05, 0.1) is 17.6 Å². The molecule has 2 aliphatic rings. The van der Waals surface area contributed by atoms with Gasteiger partial charge in [0.1, 0.15) is 5.82 Å². The van der Waals surface area contributed by atoms with Crippen molar-refractivity contribution in [2.45, 2.75) is 24.7 Å². The van der Waals surface area contributed by atoms with Crippen LogP contribution in [0.25, 0.3) is 0 Å². The molecule has 4 rings (SSSR count). The molecule has 1 aliphatic heterocycles. The normalized spacial score (nSPS) is 22.0. The minimum Gasteiger partial charge on any atom is -0.383 e. The first kappa shape index (κ1) is 19.0. The summed E-state index contributed by atoms with van der Waals surface area (Å²) in [7, 11) is 3.76.